The molecule has 0 rings (SSSR count). The van der Waals surface area contributed by atoms with Crippen molar-refractivity contribution in [3.8, 4) is 0 Å². The first kappa shape index (κ1) is 27.8. The Bertz CT molecular complexity index is 696. The summed E-state index contributed by atoms with van der Waals surface area (Å²) in [7, 11) is 0. The lowest BCUT2D eigenvalue weighted by Crippen LogP contribution is -2.57. The lowest BCUT2D eigenvalue weighted by molar-refractivity contribution is -0.143. The maximum absolute atomic E-state index is 12.6. The van der Waals surface area contributed by atoms with Crippen LogP contribution in [0, 0.1) is 5.92 Å². The Morgan fingerprint density at radius 1 is 0.839 bits per heavy atom. The maximum atomic E-state index is 12.6. The van der Waals surface area contributed by atoms with E-state index >= 15 is 0 Å². The van der Waals surface area contributed by atoms with Crippen molar-refractivity contribution in [3.63, 3.8) is 0 Å². The highest BCUT2D eigenvalue weighted by molar-refractivity contribution is 5.95. The minimum absolute atomic E-state index is 0.0958. The summed E-state index contributed by atoms with van der Waals surface area (Å²) in [6.45, 7) is 4.85. The zero-order valence-electron chi connectivity index (χ0n) is 17.7. The van der Waals surface area contributed by atoms with Crippen LogP contribution in [-0.2, 0) is 28.8 Å². The predicted octanol–water partition coefficient (Wildman–Crippen LogP) is -2.34. The molecule has 0 aliphatic rings. The van der Waals surface area contributed by atoms with Gasteiger partial charge in [-0.1, -0.05) is 13.8 Å². The number of aliphatic carboxylic acids is 2. The Balaban J connectivity index is 5.43. The zero-order valence-corrected chi connectivity index (χ0v) is 17.7. The van der Waals surface area contributed by atoms with E-state index in [-0.39, 0.29) is 18.8 Å². The number of nitrogens with one attached hydrogen (secondary N) is 3. The number of carbonyl (C=O) groups is 6. The first-order chi connectivity index (χ1) is 14.2. The fourth-order valence-corrected chi connectivity index (χ4v) is 2.48. The first-order valence-electron chi connectivity index (χ1n) is 9.64. The minimum atomic E-state index is -1.62. The molecule has 9 N–H and O–H groups in total. The summed E-state index contributed by atoms with van der Waals surface area (Å²) in [5.41, 5.74) is 10.9. The summed E-state index contributed by atoms with van der Waals surface area (Å²) in [4.78, 5) is 70.2. The second kappa shape index (κ2) is 13.2. The molecular weight excluding hydrogens is 414 g/mol. The molecule has 176 valence electrons. The van der Waals surface area contributed by atoms with Gasteiger partial charge in [-0.3, -0.25) is 28.8 Å². The summed E-state index contributed by atoms with van der Waals surface area (Å²) >= 11 is 0. The van der Waals surface area contributed by atoms with Gasteiger partial charge in [0.1, 0.15) is 18.1 Å². The molecule has 0 saturated heterocycles. The topological polar surface area (TPSA) is 231 Å². The number of carboxylic acids is 2. The van der Waals surface area contributed by atoms with Gasteiger partial charge in [0.25, 0.3) is 0 Å². The van der Waals surface area contributed by atoms with E-state index in [2.05, 4.69) is 16.0 Å². The number of hydrogen-bond donors (Lipinski definition) is 7. The van der Waals surface area contributed by atoms with Crippen LogP contribution in [0.15, 0.2) is 0 Å². The molecule has 0 bridgehead atoms. The molecular formula is C18H31N5O8. The van der Waals surface area contributed by atoms with Crippen LogP contribution in [-0.4, -0.2) is 69.9 Å². The summed E-state index contributed by atoms with van der Waals surface area (Å²) in [5.74, 6) is -6.10. The lowest BCUT2D eigenvalue weighted by Gasteiger charge is -2.24. The number of carbonyl (C=O) groups excluding carboxylic acids is 4. The van der Waals surface area contributed by atoms with Gasteiger partial charge in [-0.25, -0.2) is 0 Å². The largest absolute Gasteiger partial charge is 0.481 e. The first-order valence-corrected chi connectivity index (χ1v) is 9.64. The van der Waals surface area contributed by atoms with E-state index in [1.54, 1.807) is 0 Å². The molecule has 0 aliphatic heterocycles. The fraction of sp³-hybridized carbons (Fsp3) is 0.667. The number of nitrogens with two attached hydrogens (primary N) is 2. The van der Waals surface area contributed by atoms with E-state index < -0.39 is 66.2 Å². The Kier molecular flexibility index (Phi) is 11.8. The Morgan fingerprint density at radius 2 is 1.35 bits per heavy atom. The molecule has 4 amide bonds. The molecule has 0 heterocycles. The van der Waals surface area contributed by atoms with Crippen molar-refractivity contribution < 1.29 is 39.0 Å². The van der Waals surface area contributed by atoms with Crippen molar-refractivity contribution in [3.05, 3.63) is 0 Å². The molecule has 4 unspecified atom stereocenters. The van der Waals surface area contributed by atoms with Crippen LogP contribution >= 0.6 is 0 Å². The van der Waals surface area contributed by atoms with Crippen LogP contribution in [0.3, 0.4) is 0 Å². The number of carboxylic acid groups (broad SMARTS) is 2. The summed E-state index contributed by atoms with van der Waals surface area (Å²) in [6.07, 6.45) is -1.00. The van der Waals surface area contributed by atoms with Crippen molar-refractivity contribution in [1.29, 1.82) is 0 Å². The summed E-state index contributed by atoms with van der Waals surface area (Å²) in [5, 5.41) is 24.5. The predicted molar refractivity (Wildman–Crippen MR) is 107 cm³/mol. The third kappa shape index (κ3) is 11.5. The van der Waals surface area contributed by atoms with Gasteiger partial charge in [0, 0.05) is 6.42 Å². The number of rotatable bonds is 14. The third-order valence-corrected chi connectivity index (χ3v) is 4.12. The molecule has 13 heteroatoms. The molecule has 0 aliphatic carbocycles. The molecule has 0 spiro atoms. The zero-order chi connectivity index (χ0) is 24.3. The van der Waals surface area contributed by atoms with Gasteiger partial charge in [0.15, 0.2) is 0 Å². The van der Waals surface area contributed by atoms with Gasteiger partial charge in [-0.05, 0) is 25.7 Å². The van der Waals surface area contributed by atoms with Crippen molar-refractivity contribution in [1.82, 2.24) is 16.0 Å². The van der Waals surface area contributed by atoms with E-state index in [1.807, 2.05) is 13.8 Å². The highest BCUT2D eigenvalue weighted by Crippen LogP contribution is 2.06. The third-order valence-electron chi connectivity index (χ3n) is 4.12. The van der Waals surface area contributed by atoms with E-state index in [9.17, 15) is 28.8 Å². The van der Waals surface area contributed by atoms with Gasteiger partial charge < -0.3 is 37.6 Å². The van der Waals surface area contributed by atoms with Crippen LogP contribution in [0.5, 0.6) is 0 Å². The van der Waals surface area contributed by atoms with Crippen LogP contribution in [0.2, 0.25) is 0 Å². The summed E-state index contributed by atoms with van der Waals surface area (Å²) in [6, 6.07) is -5.21. The van der Waals surface area contributed by atoms with Gasteiger partial charge in [-0.2, -0.15) is 0 Å². The van der Waals surface area contributed by atoms with Crippen molar-refractivity contribution in [2.24, 2.45) is 17.4 Å². The van der Waals surface area contributed by atoms with E-state index in [0.717, 1.165) is 6.92 Å². The van der Waals surface area contributed by atoms with Gasteiger partial charge in [-0.15, -0.1) is 0 Å². The molecule has 0 aromatic heterocycles. The van der Waals surface area contributed by atoms with E-state index in [0.29, 0.717) is 6.42 Å². The van der Waals surface area contributed by atoms with Crippen LogP contribution in [0.25, 0.3) is 0 Å². The molecule has 0 aromatic rings. The highest BCUT2D eigenvalue weighted by Gasteiger charge is 2.31. The molecule has 31 heavy (non-hydrogen) atoms. The molecule has 0 aromatic carbocycles. The maximum Gasteiger partial charge on any atom is 0.325 e. The monoisotopic (exact) mass is 445 g/mol. The molecule has 13 nitrogen and oxygen atoms in total. The minimum Gasteiger partial charge on any atom is -0.481 e. The second-order valence-corrected chi connectivity index (χ2v) is 7.53. The average Bonchev–Trinajstić information content (AvgIpc) is 2.62. The van der Waals surface area contributed by atoms with E-state index in [1.165, 1.54) is 0 Å². The molecule has 0 saturated carbocycles. The van der Waals surface area contributed by atoms with Crippen LogP contribution < -0.4 is 27.4 Å². The SMILES string of the molecule is CC(C)CC(N)C(=O)NC(CCC(N)=O)C(=O)NC(CC(=O)O)C(=O)NC(C)C(=O)O. The van der Waals surface area contributed by atoms with Gasteiger partial charge in [0.05, 0.1) is 12.5 Å². The smallest absolute Gasteiger partial charge is 0.325 e. The standard InChI is InChI=1S/C18H31N5O8/c1-8(2)6-10(19)15(27)22-11(4-5-13(20)24)16(28)23-12(7-14(25)26)17(29)21-9(3)18(30)31/h8-12H,4-7,19H2,1-3H3,(H2,20,24)(H,21,29)(H,22,27)(H,23,28)(H,25,26)(H,30,31). The van der Waals surface area contributed by atoms with Gasteiger partial charge >= 0.3 is 11.9 Å². The lowest BCUT2D eigenvalue weighted by atomic mass is 10.0. The number of amides is 4. The van der Waals surface area contributed by atoms with Crippen LogP contribution in [0.4, 0.5) is 0 Å². The fourth-order valence-electron chi connectivity index (χ4n) is 2.48. The number of hydrogen-bond acceptors (Lipinski definition) is 7. The molecule has 0 radical (unpaired) electrons. The molecule has 4 atom stereocenters. The average molecular weight is 445 g/mol. The second-order valence-electron chi connectivity index (χ2n) is 7.53. The van der Waals surface area contributed by atoms with Crippen LogP contribution in [0.1, 0.15) is 46.5 Å². The molecule has 0 fully saturated rings. The Labute approximate surface area is 179 Å². The van der Waals surface area contributed by atoms with Crippen molar-refractivity contribution in [2.75, 3.05) is 0 Å². The quantitative estimate of drug-likeness (QED) is 0.151. The summed E-state index contributed by atoms with van der Waals surface area (Å²) < 4.78 is 0. The highest BCUT2D eigenvalue weighted by atomic mass is 16.4. The van der Waals surface area contributed by atoms with Gasteiger partial charge in [0.2, 0.25) is 23.6 Å². The van der Waals surface area contributed by atoms with Crippen molar-refractivity contribution >= 4 is 35.6 Å². The number of primary amides is 1. The normalized spacial score (nSPS) is 14.6. The van der Waals surface area contributed by atoms with E-state index in [4.69, 9.17) is 21.7 Å². The Morgan fingerprint density at radius 3 is 1.81 bits per heavy atom. The van der Waals surface area contributed by atoms with Crippen molar-refractivity contribution in [2.45, 2.75) is 70.6 Å². The Hall–Kier alpha value is -3.22.